The fraction of sp³-hybridized carbons (Fsp3) is 0.176. The summed E-state index contributed by atoms with van der Waals surface area (Å²) >= 11 is 1.62. The number of fused-ring (bicyclic) bond motifs is 1. The Hall–Kier alpha value is -2.34. The fourth-order valence-corrected chi connectivity index (χ4v) is 3.24. The van der Waals surface area contributed by atoms with Crippen LogP contribution in [-0.4, -0.2) is 17.4 Å². The number of nitrogens with one attached hydrogen (secondary N) is 1. The zero-order valence-electron chi connectivity index (χ0n) is 12.2. The summed E-state index contributed by atoms with van der Waals surface area (Å²) in [7, 11) is 0. The molecule has 23 heavy (non-hydrogen) atoms. The lowest BCUT2D eigenvalue weighted by atomic mass is 10.2. The van der Waals surface area contributed by atoms with E-state index in [0.29, 0.717) is 13.0 Å². The second-order valence-electron chi connectivity index (χ2n) is 5.06. The number of hydrogen-bond donors (Lipinski definition) is 1. The molecular weight excluding hydrogens is 318 g/mol. The quantitative estimate of drug-likeness (QED) is 0.719. The highest BCUT2D eigenvalue weighted by Crippen LogP contribution is 2.22. The lowest BCUT2D eigenvalue weighted by Crippen LogP contribution is -2.25. The van der Waals surface area contributed by atoms with Crippen LogP contribution in [-0.2, 0) is 6.42 Å². The number of halogens is 2. The van der Waals surface area contributed by atoms with Gasteiger partial charge in [-0.2, -0.15) is 0 Å². The first-order valence-corrected chi connectivity index (χ1v) is 8.03. The number of nitrogens with zero attached hydrogens (tertiary/aromatic N) is 1. The Kier molecular flexibility index (Phi) is 4.62. The molecule has 0 fully saturated rings. The van der Waals surface area contributed by atoms with Crippen LogP contribution in [0.2, 0.25) is 0 Å². The summed E-state index contributed by atoms with van der Waals surface area (Å²) in [6.07, 6.45) is 1.41. The van der Waals surface area contributed by atoms with Gasteiger partial charge in [0.1, 0.15) is 11.6 Å². The molecule has 0 aliphatic carbocycles. The monoisotopic (exact) mass is 332 g/mol. The number of carbonyl (C=O) groups excluding carboxylic acids is 1. The van der Waals surface area contributed by atoms with Crippen molar-refractivity contribution in [2.75, 3.05) is 6.54 Å². The Morgan fingerprint density at radius 1 is 1.17 bits per heavy atom. The summed E-state index contributed by atoms with van der Waals surface area (Å²) in [5.74, 6) is -1.97. The molecule has 0 aliphatic rings. The van der Waals surface area contributed by atoms with Gasteiger partial charge in [0.25, 0.3) is 5.91 Å². The molecule has 1 N–H and O–H groups in total. The van der Waals surface area contributed by atoms with E-state index < -0.39 is 17.5 Å². The molecule has 1 amide bonds. The molecule has 0 spiro atoms. The van der Waals surface area contributed by atoms with Crippen molar-refractivity contribution in [1.29, 1.82) is 0 Å². The third kappa shape index (κ3) is 3.71. The van der Waals surface area contributed by atoms with Crippen LogP contribution in [0.4, 0.5) is 8.78 Å². The van der Waals surface area contributed by atoms with Crippen molar-refractivity contribution in [1.82, 2.24) is 10.3 Å². The van der Waals surface area contributed by atoms with Crippen LogP contribution >= 0.6 is 11.3 Å². The van der Waals surface area contributed by atoms with Crippen LogP contribution < -0.4 is 5.32 Å². The van der Waals surface area contributed by atoms with Gasteiger partial charge in [-0.25, -0.2) is 13.8 Å². The SMILES string of the molecule is O=C(NCCCc1nc2ccccc2s1)c1cc(F)ccc1F. The second-order valence-corrected chi connectivity index (χ2v) is 6.17. The van der Waals surface area contributed by atoms with Crippen molar-refractivity contribution >= 4 is 27.5 Å². The molecule has 0 bridgehead atoms. The maximum Gasteiger partial charge on any atom is 0.254 e. The topological polar surface area (TPSA) is 42.0 Å². The fourth-order valence-electron chi connectivity index (χ4n) is 2.24. The van der Waals surface area contributed by atoms with Crippen LogP contribution in [0.25, 0.3) is 10.2 Å². The average molecular weight is 332 g/mol. The van der Waals surface area contributed by atoms with E-state index in [0.717, 1.165) is 39.8 Å². The Balaban J connectivity index is 1.53. The highest BCUT2D eigenvalue weighted by Gasteiger charge is 2.12. The standard InChI is InChI=1S/C17H14F2N2OS/c18-11-7-8-13(19)12(10-11)17(22)20-9-3-6-16-21-14-4-1-2-5-15(14)23-16/h1-2,4-5,7-8,10H,3,6,9H2,(H,20,22). The first kappa shape index (κ1) is 15.6. The summed E-state index contributed by atoms with van der Waals surface area (Å²) < 4.78 is 27.7. The van der Waals surface area contributed by atoms with E-state index in [-0.39, 0.29) is 5.56 Å². The summed E-state index contributed by atoms with van der Waals surface area (Å²) in [4.78, 5) is 16.3. The second kappa shape index (κ2) is 6.83. The van der Waals surface area contributed by atoms with Crippen molar-refractivity contribution in [3.8, 4) is 0 Å². The zero-order chi connectivity index (χ0) is 16.2. The Labute approximate surface area is 136 Å². The number of amides is 1. The lowest BCUT2D eigenvalue weighted by Gasteiger charge is -2.05. The maximum atomic E-state index is 13.5. The van der Waals surface area contributed by atoms with Gasteiger partial charge in [-0.3, -0.25) is 4.79 Å². The molecular formula is C17H14F2N2OS. The predicted octanol–water partition coefficient (Wildman–Crippen LogP) is 3.94. The molecule has 1 aromatic heterocycles. The molecule has 0 aliphatic heterocycles. The molecule has 1 heterocycles. The summed E-state index contributed by atoms with van der Waals surface area (Å²) in [5, 5.41) is 3.60. The number of benzene rings is 2. The first-order valence-electron chi connectivity index (χ1n) is 7.21. The van der Waals surface area contributed by atoms with E-state index in [1.165, 1.54) is 0 Å². The Morgan fingerprint density at radius 3 is 2.83 bits per heavy atom. The summed E-state index contributed by atoms with van der Waals surface area (Å²) in [6, 6.07) is 10.7. The highest BCUT2D eigenvalue weighted by molar-refractivity contribution is 7.18. The van der Waals surface area contributed by atoms with Gasteiger partial charge < -0.3 is 5.32 Å². The number of para-hydroxylation sites is 1. The van der Waals surface area contributed by atoms with Gasteiger partial charge in [0.2, 0.25) is 0 Å². The number of carbonyl (C=O) groups is 1. The normalized spacial score (nSPS) is 10.9. The maximum absolute atomic E-state index is 13.5. The predicted molar refractivity (Wildman–Crippen MR) is 86.6 cm³/mol. The van der Waals surface area contributed by atoms with E-state index in [9.17, 15) is 13.6 Å². The van der Waals surface area contributed by atoms with Gasteiger partial charge in [0, 0.05) is 13.0 Å². The molecule has 3 nitrogen and oxygen atoms in total. The minimum atomic E-state index is -0.727. The van der Waals surface area contributed by atoms with Crippen molar-refractivity contribution < 1.29 is 13.6 Å². The van der Waals surface area contributed by atoms with Crippen molar-refractivity contribution in [2.24, 2.45) is 0 Å². The van der Waals surface area contributed by atoms with E-state index in [4.69, 9.17) is 0 Å². The van der Waals surface area contributed by atoms with Gasteiger partial charge >= 0.3 is 0 Å². The Bertz CT molecular complexity index is 814. The molecule has 0 saturated carbocycles. The van der Waals surface area contributed by atoms with E-state index in [1.807, 2.05) is 24.3 Å². The zero-order valence-corrected chi connectivity index (χ0v) is 13.0. The summed E-state index contributed by atoms with van der Waals surface area (Å²) in [6.45, 7) is 0.380. The minimum absolute atomic E-state index is 0.273. The molecule has 2 aromatic carbocycles. The molecule has 0 atom stereocenters. The molecule has 3 rings (SSSR count). The van der Waals surface area contributed by atoms with Crippen LogP contribution in [0.1, 0.15) is 21.8 Å². The van der Waals surface area contributed by atoms with E-state index in [1.54, 1.807) is 11.3 Å². The number of hydrogen-bond acceptors (Lipinski definition) is 3. The molecule has 0 unspecified atom stereocenters. The molecule has 3 aromatic rings. The lowest BCUT2D eigenvalue weighted by molar-refractivity contribution is 0.0948. The van der Waals surface area contributed by atoms with Crippen LogP contribution in [0.5, 0.6) is 0 Å². The molecule has 6 heteroatoms. The first-order chi connectivity index (χ1) is 11.1. The van der Waals surface area contributed by atoms with Gasteiger partial charge in [-0.1, -0.05) is 12.1 Å². The average Bonchev–Trinajstić information content (AvgIpc) is 2.96. The van der Waals surface area contributed by atoms with Gasteiger partial charge in [-0.15, -0.1) is 11.3 Å². The third-order valence-corrected chi connectivity index (χ3v) is 4.46. The van der Waals surface area contributed by atoms with Crippen LogP contribution in [0, 0.1) is 11.6 Å². The molecule has 118 valence electrons. The number of thiazole rings is 1. The summed E-state index contributed by atoms with van der Waals surface area (Å²) in [5.41, 5.74) is 0.698. The Morgan fingerprint density at radius 2 is 2.00 bits per heavy atom. The van der Waals surface area contributed by atoms with Crippen molar-refractivity contribution in [3.05, 3.63) is 64.7 Å². The number of aryl methyl sites for hydroxylation is 1. The van der Waals surface area contributed by atoms with Crippen LogP contribution in [0.3, 0.4) is 0 Å². The number of rotatable bonds is 5. The van der Waals surface area contributed by atoms with Gasteiger partial charge in [0.15, 0.2) is 0 Å². The largest absolute Gasteiger partial charge is 0.352 e. The molecule has 0 saturated heterocycles. The highest BCUT2D eigenvalue weighted by atomic mass is 32.1. The number of aromatic nitrogens is 1. The minimum Gasteiger partial charge on any atom is -0.352 e. The van der Waals surface area contributed by atoms with Crippen molar-refractivity contribution in [3.63, 3.8) is 0 Å². The molecule has 0 radical (unpaired) electrons. The van der Waals surface area contributed by atoms with Gasteiger partial charge in [0.05, 0.1) is 20.8 Å². The van der Waals surface area contributed by atoms with Crippen molar-refractivity contribution in [2.45, 2.75) is 12.8 Å². The van der Waals surface area contributed by atoms with E-state index >= 15 is 0 Å². The smallest absolute Gasteiger partial charge is 0.254 e. The third-order valence-electron chi connectivity index (χ3n) is 3.36. The van der Waals surface area contributed by atoms with Gasteiger partial charge in [-0.05, 0) is 36.8 Å². The van der Waals surface area contributed by atoms with Crippen LogP contribution in [0.15, 0.2) is 42.5 Å². The van der Waals surface area contributed by atoms with E-state index in [2.05, 4.69) is 10.3 Å².